The topological polar surface area (TPSA) is 32.3 Å². The Morgan fingerprint density at radius 3 is 2.18 bits per heavy atom. The molecule has 0 heterocycles. The molecule has 3 nitrogen and oxygen atoms in total. The molecule has 0 aromatic rings. The van der Waals surface area contributed by atoms with Crippen LogP contribution in [0.1, 0.15) is 46.0 Å². The van der Waals surface area contributed by atoms with Crippen LogP contribution in [0.15, 0.2) is 0 Å². The third kappa shape index (κ3) is 10.6. The van der Waals surface area contributed by atoms with E-state index in [0.29, 0.717) is 18.7 Å². The Bertz CT molecular complexity index is 180. The van der Waals surface area contributed by atoms with Gasteiger partial charge in [-0.1, -0.05) is 26.7 Å². The molecule has 102 valence electrons. The Balaban J connectivity index is 3.75. The van der Waals surface area contributed by atoms with E-state index in [-0.39, 0.29) is 5.91 Å². The van der Waals surface area contributed by atoms with E-state index in [0.717, 1.165) is 19.6 Å². The van der Waals surface area contributed by atoms with Crippen LogP contribution >= 0.6 is 12.6 Å². The minimum absolute atomic E-state index is 0.150. The van der Waals surface area contributed by atoms with E-state index in [1.807, 2.05) is 0 Å². The number of hydrogen-bond acceptors (Lipinski definition) is 3. The SMILES string of the molecule is CCCCN(CCCC)CCC(=O)NCCS. The van der Waals surface area contributed by atoms with Crippen LogP contribution in [0, 0.1) is 0 Å². The standard InChI is InChI=1S/C13H28N2OS/c1-3-5-9-15(10-6-4-2)11-7-13(16)14-8-12-17/h17H,3-12H2,1-2H3,(H,14,16). The highest BCUT2D eigenvalue weighted by atomic mass is 32.1. The lowest BCUT2D eigenvalue weighted by Gasteiger charge is -2.21. The van der Waals surface area contributed by atoms with Crippen molar-refractivity contribution in [1.29, 1.82) is 0 Å². The van der Waals surface area contributed by atoms with E-state index in [1.165, 1.54) is 25.7 Å². The van der Waals surface area contributed by atoms with Gasteiger partial charge >= 0.3 is 0 Å². The van der Waals surface area contributed by atoms with Crippen LogP contribution in [0.25, 0.3) is 0 Å². The monoisotopic (exact) mass is 260 g/mol. The summed E-state index contributed by atoms with van der Waals surface area (Å²) in [4.78, 5) is 13.9. The highest BCUT2D eigenvalue weighted by Gasteiger charge is 2.07. The first kappa shape index (κ1) is 16.8. The first-order valence-corrected chi connectivity index (χ1v) is 7.47. The lowest BCUT2D eigenvalue weighted by atomic mass is 10.2. The molecule has 0 radical (unpaired) electrons. The average molecular weight is 260 g/mol. The minimum atomic E-state index is 0.150. The summed E-state index contributed by atoms with van der Waals surface area (Å²) < 4.78 is 0. The highest BCUT2D eigenvalue weighted by Crippen LogP contribution is 2.00. The van der Waals surface area contributed by atoms with Crippen LogP contribution in [-0.4, -0.2) is 42.7 Å². The molecule has 0 aromatic heterocycles. The van der Waals surface area contributed by atoms with Gasteiger partial charge in [-0.05, 0) is 25.9 Å². The fraction of sp³-hybridized carbons (Fsp3) is 0.923. The lowest BCUT2D eigenvalue weighted by molar-refractivity contribution is -0.121. The molecule has 0 spiro atoms. The Morgan fingerprint density at radius 1 is 1.12 bits per heavy atom. The zero-order chi connectivity index (χ0) is 12.9. The van der Waals surface area contributed by atoms with E-state index in [2.05, 4.69) is 36.7 Å². The van der Waals surface area contributed by atoms with Crippen molar-refractivity contribution in [3.8, 4) is 0 Å². The molecule has 0 atom stereocenters. The number of carbonyl (C=O) groups excluding carboxylic acids is 1. The van der Waals surface area contributed by atoms with Crippen molar-refractivity contribution in [3.05, 3.63) is 0 Å². The number of hydrogen-bond donors (Lipinski definition) is 2. The summed E-state index contributed by atoms with van der Waals surface area (Å²) in [7, 11) is 0. The molecule has 1 amide bonds. The molecule has 1 N–H and O–H groups in total. The minimum Gasteiger partial charge on any atom is -0.355 e. The van der Waals surface area contributed by atoms with Crippen LogP contribution < -0.4 is 5.32 Å². The summed E-state index contributed by atoms with van der Waals surface area (Å²) >= 11 is 4.07. The van der Waals surface area contributed by atoms with Gasteiger partial charge < -0.3 is 10.2 Å². The number of unbranched alkanes of at least 4 members (excludes halogenated alkanes) is 2. The second kappa shape index (κ2) is 12.2. The number of thiol groups is 1. The molecular weight excluding hydrogens is 232 g/mol. The van der Waals surface area contributed by atoms with Gasteiger partial charge in [-0.15, -0.1) is 0 Å². The summed E-state index contributed by atoms with van der Waals surface area (Å²) in [6, 6.07) is 0. The maximum Gasteiger partial charge on any atom is 0.221 e. The Kier molecular flexibility index (Phi) is 12.1. The smallest absolute Gasteiger partial charge is 0.221 e. The predicted octanol–water partition coefficient (Wildman–Crippen LogP) is 2.32. The molecule has 0 saturated heterocycles. The van der Waals surface area contributed by atoms with Crippen LogP contribution in [0.4, 0.5) is 0 Å². The molecule has 0 bridgehead atoms. The summed E-state index contributed by atoms with van der Waals surface area (Å²) in [5, 5.41) is 2.86. The van der Waals surface area contributed by atoms with Crippen LogP contribution in [0.5, 0.6) is 0 Å². The van der Waals surface area contributed by atoms with Crippen molar-refractivity contribution in [1.82, 2.24) is 10.2 Å². The maximum atomic E-state index is 11.5. The van der Waals surface area contributed by atoms with Crippen molar-refractivity contribution < 1.29 is 4.79 Å². The van der Waals surface area contributed by atoms with Gasteiger partial charge in [0, 0.05) is 25.3 Å². The largest absolute Gasteiger partial charge is 0.355 e. The maximum absolute atomic E-state index is 11.5. The second-order valence-electron chi connectivity index (χ2n) is 4.37. The quantitative estimate of drug-likeness (QED) is 0.559. The molecule has 0 unspecified atom stereocenters. The molecule has 0 aromatic carbocycles. The van der Waals surface area contributed by atoms with Gasteiger partial charge in [0.2, 0.25) is 5.91 Å². The molecule has 0 saturated carbocycles. The summed E-state index contributed by atoms with van der Waals surface area (Å²) in [5.41, 5.74) is 0. The van der Waals surface area contributed by atoms with Gasteiger partial charge in [-0.25, -0.2) is 0 Å². The molecule has 0 aliphatic heterocycles. The second-order valence-corrected chi connectivity index (χ2v) is 4.82. The zero-order valence-electron chi connectivity index (χ0n) is 11.4. The molecule has 0 aliphatic carbocycles. The van der Waals surface area contributed by atoms with Crippen LogP contribution in [-0.2, 0) is 4.79 Å². The molecule has 0 fully saturated rings. The molecule has 17 heavy (non-hydrogen) atoms. The summed E-state index contributed by atoms with van der Waals surface area (Å²) in [6.07, 6.45) is 5.49. The van der Waals surface area contributed by atoms with E-state index < -0.39 is 0 Å². The van der Waals surface area contributed by atoms with E-state index in [9.17, 15) is 4.79 Å². The van der Waals surface area contributed by atoms with Crippen molar-refractivity contribution >= 4 is 18.5 Å². The third-order valence-corrected chi connectivity index (χ3v) is 2.97. The fourth-order valence-electron chi connectivity index (χ4n) is 1.64. The fourth-order valence-corrected chi connectivity index (χ4v) is 1.75. The van der Waals surface area contributed by atoms with Gasteiger partial charge in [0.25, 0.3) is 0 Å². The molecule has 0 aliphatic rings. The first-order valence-electron chi connectivity index (χ1n) is 6.84. The number of rotatable bonds is 11. The molecule has 4 heteroatoms. The van der Waals surface area contributed by atoms with Gasteiger partial charge in [0.05, 0.1) is 0 Å². The Morgan fingerprint density at radius 2 is 1.71 bits per heavy atom. The number of carbonyl (C=O) groups is 1. The molecular formula is C13H28N2OS. The summed E-state index contributed by atoms with van der Waals surface area (Å²) in [5.74, 6) is 0.859. The predicted molar refractivity (Wildman–Crippen MR) is 77.7 cm³/mol. The number of nitrogens with zero attached hydrogens (tertiary/aromatic N) is 1. The summed E-state index contributed by atoms with van der Waals surface area (Å²) in [6.45, 7) is 8.21. The Hall–Kier alpha value is -0.220. The van der Waals surface area contributed by atoms with Crippen molar-refractivity contribution in [2.75, 3.05) is 31.9 Å². The normalized spacial score (nSPS) is 10.8. The third-order valence-electron chi connectivity index (χ3n) is 2.74. The molecule has 0 rings (SSSR count). The Labute approximate surface area is 112 Å². The van der Waals surface area contributed by atoms with Gasteiger partial charge in [0.15, 0.2) is 0 Å². The van der Waals surface area contributed by atoms with Crippen LogP contribution in [0.2, 0.25) is 0 Å². The van der Waals surface area contributed by atoms with Crippen LogP contribution in [0.3, 0.4) is 0 Å². The lowest BCUT2D eigenvalue weighted by Crippen LogP contribution is -2.32. The van der Waals surface area contributed by atoms with Crippen molar-refractivity contribution in [2.45, 2.75) is 46.0 Å². The average Bonchev–Trinajstić information content (AvgIpc) is 2.35. The van der Waals surface area contributed by atoms with E-state index >= 15 is 0 Å². The van der Waals surface area contributed by atoms with E-state index in [1.54, 1.807) is 0 Å². The van der Waals surface area contributed by atoms with Crippen molar-refractivity contribution in [3.63, 3.8) is 0 Å². The van der Waals surface area contributed by atoms with Gasteiger partial charge in [-0.2, -0.15) is 12.6 Å². The highest BCUT2D eigenvalue weighted by molar-refractivity contribution is 7.80. The van der Waals surface area contributed by atoms with Gasteiger partial charge in [-0.3, -0.25) is 4.79 Å². The zero-order valence-corrected chi connectivity index (χ0v) is 12.3. The number of nitrogens with one attached hydrogen (secondary N) is 1. The number of amides is 1. The first-order chi connectivity index (χ1) is 8.24. The van der Waals surface area contributed by atoms with Crippen molar-refractivity contribution in [2.24, 2.45) is 0 Å². The van der Waals surface area contributed by atoms with E-state index in [4.69, 9.17) is 0 Å². The van der Waals surface area contributed by atoms with Gasteiger partial charge in [0.1, 0.15) is 0 Å².